The topological polar surface area (TPSA) is 98.4 Å². The molecule has 1 aromatic rings. The highest BCUT2D eigenvalue weighted by atomic mass is 16.7. The molecule has 0 aliphatic carbocycles. The van der Waals surface area contributed by atoms with E-state index in [1.165, 1.54) is 22.4 Å². The molecular formula is C13H23N7O3. The van der Waals surface area contributed by atoms with Crippen molar-refractivity contribution in [2.24, 2.45) is 16.2 Å². The summed E-state index contributed by atoms with van der Waals surface area (Å²) in [4.78, 5) is 20.2. The maximum absolute atomic E-state index is 5.47. The predicted molar refractivity (Wildman–Crippen MR) is 83.1 cm³/mol. The minimum absolute atomic E-state index is 0.0935. The zero-order valence-corrected chi connectivity index (χ0v) is 13.8. The van der Waals surface area contributed by atoms with Crippen molar-refractivity contribution in [3.05, 3.63) is 12.7 Å². The van der Waals surface area contributed by atoms with Gasteiger partial charge in [-0.1, -0.05) is 24.2 Å². The van der Waals surface area contributed by atoms with E-state index in [-0.39, 0.29) is 6.10 Å². The molecule has 0 unspecified atom stereocenters. The van der Waals surface area contributed by atoms with E-state index >= 15 is 0 Å². The number of hydrogen-bond acceptors (Lipinski definition) is 8. The Labute approximate surface area is 135 Å². The number of rotatable bonds is 5. The first-order chi connectivity index (χ1) is 11.1. The van der Waals surface area contributed by atoms with Crippen LogP contribution in [0.3, 0.4) is 0 Å². The van der Waals surface area contributed by atoms with Gasteiger partial charge in [0.15, 0.2) is 0 Å². The molecule has 0 aromatic carbocycles. The Morgan fingerprint density at radius 1 is 1.30 bits per heavy atom. The van der Waals surface area contributed by atoms with E-state index in [9.17, 15) is 0 Å². The van der Waals surface area contributed by atoms with E-state index in [2.05, 4.69) is 25.7 Å². The summed E-state index contributed by atoms with van der Waals surface area (Å²) in [5, 5.41) is 16.9. The molecule has 0 amide bonds. The third-order valence-corrected chi connectivity index (χ3v) is 2.56. The molecule has 10 nitrogen and oxygen atoms in total. The summed E-state index contributed by atoms with van der Waals surface area (Å²) in [5.41, 5.74) is 0. The molecule has 0 bridgehead atoms. The molecule has 128 valence electrons. The number of hydroxylamine groups is 2. The Bertz CT molecular complexity index is 522. The van der Waals surface area contributed by atoms with Crippen molar-refractivity contribution in [2.45, 2.75) is 33.8 Å². The quantitative estimate of drug-likeness (QED) is 0.481. The van der Waals surface area contributed by atoms with Crippen molar-refractivity contribution in [1.82, 2.24) is 25.1 Å². The van der Waals surface area contributed by atoms with Crippen LogP contribution in [0.5, 0.6) is 0 Å². The Kier molecular flexibility index (Phi) is 6.29. The van der Waals surface area contributed by atoms with Crippen LogP contribution in [0.4, 0.5) is 0 Å². The van der Waals surface area contributed by atoms with Crippen molar-refractivity contribution in [3.63, 3.8) is 0 Å². The van der Waals surface area contributed by atoms with Crippen LogP contribution in [-0.4, -0.2) is 57.6 Å². The van der Waals surface area contributed by atoms with Gasteiger partial charge in [-0.2, -0.15) is 9.78 Å². The number of aromatic nitrogens is 3. The van der Waals surface area contributed by atoms with E-state index in [1.807, 2.05) is 27.7 Å². The van der Waals surface area contributed by atoms with Crippen molar-refractivity contribution in [3.8, 4) is 0 Å². The molecule has 0 radical (unpaired) electrons. The molecule has 23 heavy (non-hydrogen) atoms. The molecule has 1 N–H and O–H groups in total. The van der Waals surface area contributed by atoms with Gasteiger partial charge < -0.3 is 9.68 Å². The fourth-order valence-electron chi connectivity index (χ4n) is 1.56. The molecule has 1 saturated heterocycles. The molecule has 0 spiro atoms. The average Bonchev–Trinajstić information content (AvgIpc) is 3.18. The van der Waals surface area contributed by atoms with Crippen LogP contribution in [0.2, 0.25) is 0 Å². The lowest BCUT2D eigenvalue weighted by atomic mass is 10.2. The molecule has 1 aliphatic rings. The second-order valence-corrected chi connectivity index (χ2v) is 5.57. The molecule has 1 aliphatic heterocycles. The lowest BCUT2D eigenvalue weighted by molar-refractivity contribution is -0.0470. The molecule has 0 saturated carbocycles. The van der Waals surface area contributed by atoms with Crippen LogP contribution in [-0.2, 0) is 14.5 Å². The van der Waals surface area contributed by atoms with Gasteiger partial charge in [-0.05, 0) is 19.8 Å². The van der Waals surface area contributed by atoms with Gasteiger partial charge in [-0.3, -0.25) is 10.2 Å². The normalized spacial score (nSPS) is 16.5. The highest BCUT2D eigenvalue weighted by Gasteiger charge is 2.26. The first-order valence-corrected chi connectivity index (χ1v) is 7.48. The van der Waals surface area contributed by atoms with Crippen molar-refractivity contribution < 1.29 is 14.5 Å². The summed E-state index contributed by atoms with van der Waals surface area (Å²) in [6.45, 7) is 9.12. The number of nitrogens with one attached hydrogen (secondary N) is 1. The smallest absolute Gasteiger partial charge is 0.242 e. The summed E-state index contributed by atoms with van der Waals surface area (Å²) < 4.78 is 1.45. The van der Waals surface area contributed by atoms with Crippen LogP contribution in [0, 0.1) is 5.92 Å². The zero-order chi connectivity index (χ0) is 16.7. The lowest BCUT2D eigenvalue weighted by Gasteiger charge is -2.18. The second-order valence-electron chi connectivity index (χ2n) is 5.57. The van der Waals surface area contributed by atoms with Crippen molar-refractivity contribution in [2.75, 3.05) is 20.0 Å². The van der Waals surface area contributed by atoms with E-state index in [0.29, 0.717) is 37.6 Å². The van der Waals surface area contributed by atoms with Crippen LogP contribution < -0.4 is 5.32 Å². The zero-order valence-electron chi connectivity index (χ0n) is 13.8. The third kappa shape index (κ3) is 5.18. The average molecular weight is 325 g/mol. The molecular weight excluding hydrogens is 302 g/mol. The van der Waals surface area contributed by atoms with E-state index < -0.39 is 0 Å². The van der Waals surface area contributed by atoms with Crippen LogP contribution >= 0.6 is 0 Å². The minimum atomic E-state index is -0.0935. The Hall–Kier alpha value is -2.20. The maximum atomic E-state index is 5.47. The van der Waals surface area contributed by atoms with E-state index in [4.69, 9.17) is 14.5 Å². The summed E-state index contributed by atoms with van der Waals surface area (Å²) in [5.74, 6) is 1.02. The monoisotopic (exact) mass is 325 g/mol. The van der Waals surface area contributed by atoms with Gasteiger partial charge in [0.25, 0.3) is 0 Å². The van der Waals surface area contributed by atoms with Gasteiger partial charge in [0.05, 0.1) is 6.67 Å². The first kappa shape index (κ1) is 17.2. The van der Waals surface area contributed by atoms with Gasteiger partial charge in [0.2, 0.25) is 11.7 Å². The van der Waals surface area contributed by atoms with E-state index in [1.54, 1.807) is 0 Å². The van der Waals surface area contributed by atoms with Crippen LogP contribution in [0.25, 0.3) is 0 Å². The molecule has 10 heteroatoms. The highest BCUT2D eigenvalue weighted by Crippen LogP contribution is 2.05. The van der Waals surface area contributed by atoms with Crippen LogP contribution in [0.1, 0.15) is 27.7 Å². The predicted octanol–water partition coefficient (Wildman–Crippen LogP) is 0.603. The molecule has 1 aromatic heterocycles. The lowest BCUT2D eigenvalue weighted by Crippen LogP contribution is -2.39. The Morgan fingerprint density at radius 3 is 2.70 bits per heavy atom. The number of hydrogen-bond donors (Lipinski definition) is 1. The summed E-state index contributed by atoms with van der Waals surface area (Å²) in [6, 6.07) is 0. The Balaban J connectivity index is 2.28. The van der Waals surface area contributed by atoms with Gasteiger partial charge in [0.1, 0.15) is 32.1 Å². The van der Waals surface area contributed by atoms with Crippen molar-refractivity contribution >= 4 is 11.7 Å². The number of nitrogens with zero attached hydrogens (tertiary/aromatic N) is 6. The number of oxime groups is 2. The van der Waals surface area contributed by atoms with Gasteiger partial charge in [-0.15, -0.1) is 0 Å². The molecule has 2 heterocycles. The molecule has 1 fully saturated rings. The molecule has 0 atom stereocenters. The second kappa shape index (κ2) is 8.44. The molecule has 2 rings (SSSR count). The standard InChI is InChI=1S/C13H23N7O3/c1-10(2)5-21-17-13(20-8-15-9-22-20)12(18-23-11(3)4)19-7-14-6-16-19/h6-7,10-11,15H,5,8-9H2,1-4H3/b17-13-,18-12-. The number of amidine groups is 1. The third-order valence-electron chi connectivity index (χ3n) is 2.56. The summed E-state index contributed by atoms with van der Waals surface area (Å²) in [6.07, 6.45) is 2.81. The van der Waals surface area contributed by atoms with Crippen molar-refractivity contribution in [1.29, 1.82) is 0 Å². The van der Waals surface area contributed by atoms with Gasteiger partial charge in [-0.25, -0.2) is 10.0 Å². The first-order valence-electron chi connectivity index (χ1n) is 7.48. The van der Waals surface area contributed by atoms with E-state index in [0.717, 1.165) is 0 Å². The van der Waals surface area contributed by atoms with Gasteiger partial charge in [0, 0.05) is 0 Å². The SMILES string of the molecule is CC(C)CO/N=C(/C(=N/OC(C)C)n1cncn1)N1CNCO1. The fourth-order valence-corrected chi connectivity index (χ4v) is 1.56. The van der Waals surface area contributed by atoms with Gasteiger partial charge >= 0.3 is 0 Å². The minimum Gasteiger partial charge on any atom is -0.394 e. The highest BCUT2D eigenvalue weighted by molar-refractivity contribution is 6.40. The summed E-state index contributed by atoms with van der Waals surface area (Å²) >= 11 is 0. The van der Waals surface area contributed by atoms with Crippen LogP contribution in [0.15, 0.2) is 23.0 Å². The summed E-state index contributed by atoms with van der Waals surface area (Å²) in [7, 11) is 0. The Morgan fingerprint density at radius 2 is 2.13 bits per heavy atom. The fraction of sp³-hybridized carbons (Fsp3) is 0.692. The largest absolute Gasteiger partial charge is 0.394 e. The maximum Gasteiger partial charge on any atom is 0.242 e.